The molecule has 1 atom stereocenters. The van der Waals surface area contributed by atoms with E-state index in [4.69, 9.17) is 5.26 Å². The summed E-state index contributed by atoms with van der Waals surface area (Å²) in [4.78, 5) is 14.1. The van der Waals surface area contributed by atoms with Gasteiger partial charge in [-0.3, -0.25) is 9.69 Å². The molecule has 0 amide bonds. The van der Waals surface area contributed by atoms with Crippen molar-refractivity contribution in [1.82, 2.24) is 9.47 Å². The minimum Gasteiger partial charge on any atom is -0.351 e. The van der Waals surface area contributed by atoms with Crippen LogP contribution in [-0.2, 0) is 7.05 Å². The number of aromatic nitrogens is 1. The SMILES string of the molecule is Cc1cc(C(=O)CN(C)C(C)CC#N)c(C)n1C. The van der Waals surface area contributed by atoms with Crippen molar-refractivity contribution in [3.05, 3.63) is 23.0 Å². The highest BCUT2D eigenvalue weighted by Crippen LogP contribution is 2.14. The van der Waals surface area contributed by atoms with Crippen molar-refractivity contribution >= 4 is 5.78 Å². The topological polar surface area (TPSA) is 49.0 Å². The third-order valence-corrected chi connectivity index (χ3v) is 3.61. The van der Waals surface area contributed by atoms with Gasteiger partial charge in [-0.25, -0.2) is 0 Å². The Kier molecular flexibility index (Phi) is 4.69. The fourth-order valence-electron chi connectivity index (χ4n) is 1.89. The van der Waals surface area contributed by atoms with Crippen LogP contribution in [0.3, 0.4) is 0 Å². The molecule has 18 heavy (non-hydrogen) atoms. The van der Waals surface area contributed by atoms with Gasteiger partial charge in [-0.2, -0.15) is 5.26 Å². The number of ketones is 1. The van der Waals surface area contributed by atoms with Crippen LogP contribution in [0.15, 0.2) is 6.07 Å². The maximum atomic E-state index is 12.2. The molecule has 0 fully saturated rings. The van der Waals surface area contributed by atoms with Gasteiger partial charge >= 0.3 is 0 Å². The smallest absolute Gasteiger partial charge is 0.178 e. The number of hydrogen-bond acceptors (Lipinski definition) is 3. The molecule has 98 valence electrons. The van der Waals surface area contributed by atoms with E-state index in [-0.39, 0.29) is 11.8 Å². The average molecular weight is 247 g/mol. The fourth-order valence-corrected chi connectivity index (χ4v) is 1.89. The van der Waals surface area contributed by atoms with Gasteiger partial charge in [0.2, 0.25) is 0 Å². The van der Waals surface area contributed by atoms with Gasteiger partial charge in [0.15, 0.2) is 5.78 Å². The molecule has 0 aliphatic carbocycles. The maximum absolute atomic E-state index is 12.2. The number of carbonyl (C=O) groups is 1. The highest BCUT2D eigenvalue weighted by atomic mass is 16.1. The van der Waals surface area contributed by atoms with Crippen molar-refractivity contribution in [2.75, 3.05) is 13.6 Å². The number of aryl methyl sites for hydroxylation is 1. The van der Waals surface area contributed by atoms with E-state index in [0.29, 0.717) is 13.0 Å². The number of likely N-dealkylation sites (N-methyl/N-ethyl adjacent to an activating group) is 1. The summed E-state index contributed by atoms with van der Waals surface area (Å²) in [6.07, 6.45) is 0.441. The third-order valence-electron chi connectivity index (χ3n) is 3.61. The molecule has 0 N–H and O–H groups in total. The predicted octanol–water partition coefficient (Wildman–Crippen LogP) is 2.06. The Labute approximate surface area is 109 Å². The molecular formula is C14H21N3O. The van der Waals surface area contributed by atoms with Gasteiger partial charge in [0.1, 0.15) is 0 Å². The van der Waals surface area contributed by atoms with Crippen molar-refractivity contribution in [3.8, 4) is 6.07 Å². The Morgan fingerprint density at radius 2 is 2.17 bits per heavy atom. The van der Waals surface area contributed by atoms with Crippen LogP contribution < -0.4 is 0 Å². The van der Waals surface area contributed by atoms with E-state index in [1.807, 2.05) is 50.4 Å². The van der Waals surface area contributed by atoms with Gasteiger partial charge in [0.25, 0.3) is 0 Å². The third kappa shape index (κ3) is 2.99. The number of nitriles is 1. The lowest BCUT2D eigenvalue weighted by Gasteiger charge is -2.21. The Bertz CT molecular complexity index is 482. The fraction of sp³-hybridized carbons (Fsp3) is 0.571. The summed E-state index contributed by atoms with van der Waals surface area (Å²) in [7, 11) is 3.84. The van der Waals surface area contributed by atoms with Crippen molar-refractivity contribution in [3.63, 3.8) is 0 Å². The Morgan fingerprint density at radius 1 is 1.56 bits per heavy atom. The van der Waals surface area contributed by atoms with Gasteiger partial charge in [0, 0.05) is 30.0 Å². The van der Waals surface area contributed by atoms with Gasteiger partial charge < -0.3 is 4.57 Å². The molecular weight excluding hydrogens is 226 g/mol. The van der Waals surface area contributed by atoms with Crippen LogP contribution in [0.4, 0.5) is 0 Å². The van der Waals surface area contributed by atoms with E-state index >= 15 is 0 Å². The molecule has 0 aliphatic rings. The van der Waals surface area contributed by atoms with Gasteiger partial charge in [-0.1, -0.05) is 0 Å². The molecule has 1 aromatic heterocycles. The van der Waals surface area contributed by atoms with Crippen molar-refractivity contribution in [2.24, 2.45) is 7.05 Å². The standard InChI is InChI=1S/C14H21N3O/c1-10(6-7-15)16(4)9-14(18)13-8-11(2)17(5)12(13)3/h8,10H,6,9H2,1-5H3. The largest absolute Gasteiger partial charge is 0.351 e. The molecule has 1 aromatic rings. The molecule has 0 spiro atoms. The van der Waals surface area contributed by atoms with E-state index in [2.05, 4.69) is 6.07 Å². The van der Waals surface area contributed by atoms with Gasteiger partial charge in [-0.05, 0) is 33.9 Å². The minimum absolute atomic E-state index is 0.101. The first-order chi connectivity index (χ1) is 8.38. The maximum Gasteiger partial charge on any atom is 0.178 e. The molecule has 1 heterocycles. The van der Waals surface area contributed by atoms with E-state index in [9.17, 15) is 4.79 Å². The predicted molar refractivity (Wildman–Crippen MR) is 71.5 cm³/mol. The summed E-state index contributed by atoms with van der Waals surface area (Å²) in [6.45, 7) is 6.26. The van der Waals surface area contributed by atoms with Gasteiger partial charge in [-0.15, -0.1) is 0 Å². The number of hydrogen-bond donors (Lipinski definition) is 0. The van der Waals surface area contributed by atoms with E-state index < -0.39 is 0 Å². The zero-order chi connectivity index (χ0) is 13.9. The second kappa shape index (κ2) is 5.83. The first-order valence-corrected chi connectivity index (χ1v) is 6.11. The molecule has 0 bridgehead atoms. The Hall–Kier alpha value is -1.60. The lowest BCUT2D eigenvalue weighted by molar-refractivity contribution is 0.0925. The number of rotatable bonds is 5. The second-order valence-electron chi connectivity index (χ2n) is 4.89. The van der Waals surface area contributed by atoms with Crippen LogP contribution in [0.1, 0.15) is 35.1 Å². The highest BCUT2D eigenvalue weighted by molar-refractivity contribution is 5.99. The average Bonchev–Trinajstić information content (AvgIpc) is 2.57. The molecule has 0 aliphatic heterocycles. The quantitative estimate of drug-likeness (QED) is 0.748. The van der Waals surface area contributed by atoms with E-state index in [1.165, 1.54) is 0 Å². The summed E-state index contributed by atoms with van der Waals surface area (Å²) >= 11 is 0. The van der Waals surface area contributed by atoms with Crippen LogP contribution in [0.25, 0.3) is 0 Å². The normalized spacial score (nSPS) is 12.5. The van der Waals surface area contributed by atoms with E-state index in [0.717, 1.165) is 17.0 Å². The highest BCUT2D eigenvalue weighted by Gasteiger charge is 2.18. The lowest BCUT2D eigenvalue weighted by atomic mass is 10.1. The Balaban J connectivity index is 2.77. The zero-order valence-electron chi connectivity index (χ0n) is 11.8. The van der Waals surface area contributed by atoms with Crippen molar-refractivity contribution in [1.29, 1.82) is 5.26 Å². The van der Waals surface area contributed by atoms with Crippen LogP contribution >= 0.6 is 0 Å². The molecule has 1 rings (SSSR count). The summed E-state index contributed by atoms with van der Waals surface area (Å²) < 4.78 is 2.02. The number of nitrogens with zero attached hydrogens (tertiary/aromatic N) is 3. The second-order valence-corrected chi connectivity index (χ2v) is 4.89. The molecule has 4 nitrogen and oxygen atoms in total. The van der Waals surface area contributed by atoms with Gasteiger partial charge in [0.05, 0.1) is 19.0 Å². The molecule has 0 saturated carbocycles. The summed E-state index contributed by atoms with van der Waals surface area (Å²) in [6, 6.07) is 4.16. The van der Waals surface area contributed by atoms with Crippen LogP contribution in [-0.4, -0.2) is 34.9 Å². The summed E-state index contributed by atoms with van der Waals surface area (Å²) in [5.74, 6) is 0.114. The molecule has 0 aromatic carbocycles. The van der Waals surface area contributed by atoms with Crippen LogP contribution in [0.2, 0.25) is 0 Å². The first kappa shape index (κ1) is 14.5. The lowest BCUT2D eigenvalue weighted by Crippen LogP contribution is -2.33. The minimum atomic E-state index is 0.101. The molecule has 0 saturated heterocycles. The molecule has 1 unspecified atom stereocenters. The summed E-state index contributed by atoms with van der Waals surface area (Å²) in [5.41, 5.74) is 2.87. The van der Waals surface area contributed by atoms with Crippen LogP contribution in [0.5, 0.6) is 0 Å². The Morgan fingerprint density at radius 3 is 2.61 bits per heavy atom. The van der Waals surface area contributed by atoms with Crippen molar-refractivity contribution in [2.45, 2.75) is 33.2 Å². The number of Topliss-reactive ketones (excluding diaryl/α,β-unsaturated/α-hetero) is 1. The van der Waals surface area contributed by atoms with Crippen molar-refractivity contribution < 1.29 is 4.79 Å². The van der Waals surface area contributed by atoms with E-state index in [1.54, 1.807) is 0 Å². The number of carbonyl (C=O) groups excluding carboxylic acids is 1. The monoisotopic (exact) mass is 247 g/mol. The first-order valence-electron chi connectivity index (χ1n) is 6.11. The molecule has 4 heteroatoms. The summed E-state index contributed by atoms with van der Waals surface area (Å²) in [5, 5.41) is 8.66. The van der Waals surface area contributed by atoms with Crippen LogP contribution in [0, 0.1) is 25.2 Å². The molecule has 0 radical (unpaired) electrons. The zero-order valence-corrected chi connectivity index (χ0v) is 11.8.